The topological polar surface area (TPSA) is 83.2 Å². The third-order valence-corrected chi connectivity index (χ3v) is 2.00. The Morgan fingerprint density at radius 1 is 1.12 bits per heavy atom. The maximum absolute atomic E-state index is 5.57. The van der Waals surface area contributed by atoms with Gasteiger partial charge in [0.05, 0.1) is 12.7 Å². The van der Waals surface area contributed by atoms with Crippen molar-refractivity contribution in [1.82, 2.24) is 15.0 Å². The van der Waals surface area contributed by atoms with E-state index in [0.717, 1.165) is 6.42 Å². The molecule has 6 nitrogen and oxygen atoms in total. The molecule has 6 heteroatoms. The van der Waals surface area contributed by atoms with Crippen molar-refractivity contribution in [3.63, 3.8) is 0 Å². The number of anilines is 1. The fourth-order valence-electron chi connectivity index (χ4n) is 1.49. The van der Waals surface area contributed by atoms with Crippen LogP contribution in [0.25, 0.3) is 0 Å². The molecule has 0 aromatic carbocycles. The van der Waals surface area contributed by atoms with Gasteiger partial charge in [-0.05, 0) is 26.2 Å². The molecule has 0 radical (unpaired) electrons. The molecule has 1 unspecified atom stereocenters. The van der Waals surface area contributed by atoms with Crippen molar-refractivity contribution in [2.45, 2.75) is 40.2 Å². The summed E-state index contributed by atoms with van der Waals surface area (Å²) in [5.41, 5.74) is 5.54. The van der Waals surface area contributed by atoms with Crippen molar-refractivity contribution < 1.29 is 9.47 Å². The highest BCUT2D eigenvalue weighted by atomic mass is 16.5. The smallest absolute Gasteiger partial charge is 0.324 e. The first-order valence-electron chi connectivity index (χ1n) is 5.82. The van der Waals surface area contributed by atoms with Crippen molar-refractivity contribution in [3.8, 4) is 12.0 Å². The molecular formula is C11H20N4O2. The van der Waals surface area contributed by atoms with Gasteiger partial charge in [-0.2, -0.15) is 9.97 Å². The Hall–Kier alpha value is -1.59. The SMILES string of the molecule is CCOc1nc(N)nc(OC(C)CC(C)C)n1. The summed E-state index contributed by atoms with van der Waals surface area (Å²) in [5.74, 6) is 0.658. The van der Waals surface area contributed by atoms with Crippen LogP contribution in [0.3, 0.4) is 0 Å². The molecular weight excluding hydrogens is 220 g/mol. The molecule has 0 aliphatic carbocycles. The lowest BCUT2D eigenvalue weighted by atomic mass is 10.1. The number of nitrogen functional groups attached to an aromatic ring is 1. The maximum atomic E-state index is 5.57. The van der Waals surface area contributed by atoms with Gasteiger partial charge in [0.25, 0.3) is 0 Å². The van der Waals surface area contributed by atoms with Gasteiger partial charge in [0.15, 0.2) is 0 Å². The molecule has 0 aliphatic heterocycles. The summed E-state index contributed by atoms with van der Waals surface area (Å²) in [6, 6.07) is 0.417. The van der Waals surface area contributed by atoms with E-state index in [0.29, 0.717) is 12.5 Å². The van der Waals surface area contributed by atoms with Crippen LogP contribution >= 0.6 is 0 Å². The zero-order valence-electron chi connectivity index (χ0n) is 10.8. The van der Waals surface area contributed by atoms with Crippen molar-refractivity contribution in [1.29, 1.82) is 0 Å². The Balaban J connectivity index is 2.69. The van der Waals surface area contributed by atoms with Gasteiger partial charge in [0.2, 0.25) is 5.95 Å². The first kappa shape index (κ1) is 13.5. The van der Waals surface area contributed by atoms with Crippen molar-refractivity contribution in [2.24, 2.45) is 5.92 Å². The van der Waals surface area contributed by atoms with Crippen LogP contribution in [0.15, 0.2) is 0 Å². The number of aromatic nitrogens is 3. The fraction of sp³-hybridized carbons (Fsp3) is 0.727. The van der Waals surface area contributed by atoms with E-state index in [1.54, 1.807) is 0 Å². The lowest BCUT2D eigenvalue weighted by Gasteiger charge is -2.15. The van der Waals surface area contributed by atoms with Gasteiger partial charge in [-0.1, -0.05) is 13.8 Å². The highest BCUT2D eigenvalue weighted by molar-refractivity contribution is 5.20. The lowest BCUT2D eigenvalue weighted by molar-refractivity contribution is 0.173. The second-order valence-corrected chi connectivity index (χ2v) is 4.25. The summed E-state index contributed by atoms with van der Waals surface area (Å²) in [5, 5.41) is 0. The van der Waals surface area contributed by atoms with Gasteiger partial charge in [0.1, 0.15) is 0 Å². The van der Waals surface area contributed by atoms with Crippen LogP contribution in [-0.4, -0.2) is 27.7 Å². The van der Waals surface area contributed by atoms with E-state index in [2.05, 4.69) is 28.8 Å². The lowest BCUT2D eigenvalue weighted by Crippen LogP contribution is -2.17. The van der Waals surface area contributed by atoms with E-state index in [4.69, 9.17) is 15.2 Å². The molecule has 0 aliphatic rings. The third kappa shape index (κ3) is 4.84. The molecule has 1 atom stereocenters. The summed E-state index contributed by atoms with van der Waals surface area (Å²) in [7, 11) is 0. The second-order valence-electron chi connectivity index (χ2n) is 4.25. The van der Waals surface area contributed by atoms with Gasteiger partial charge >= 0.3 is 12.0 Å². The molecule has 1 aromatic rings. The molecule has 1 aromatic heterocycles. The zero-order valence-corrected chi connectivity index (χ0v) is 10.8. The summed E-state index contributed by atoms with van der Waals surface area (Å²) >= 11 is 0. The van der Waals surface area contributed by atoms with E-state index < -0.39 is 0 Å². The normalized spacial score (nSPS) is 12.5. The van der Waals surface area contributed by atoms with Gasteiger partial charge in [-0.3, -0.25) is 0 Å². The van der Waals surface area contributed by atoms with E-state index >= 15 is 0 Å². The second kappa shape index (κ2) is 6.22. The van der Waals surface area contributed by atoms with Crippen LogP contribution < -0.4 is 15.2 Å². The molecule has 0 fully saturated rings. The molecule has 96 valence electrons. The molecule has 0 saturated carbocycles. The largest absolute Gasteiger partial charge is 0.464 e. The Morgan fingerprint density at radius 3 is 2.35 bits per heavy atom. The van der Waals surface area contributed by atoms with E-state index in [1.807, 2.05) is 13.8 Å². The zero-order chi connectivity index (χ0) is 12.8. The number of rotatable bonds is 6. The first-order valence-corrected chi connectivity index (χ1v) is 5.82. The first-order chi connectivity index (χ1) is 8.01. The van der Waals surface area contributed by atoms with Crippen molar-refractivity contribution in [2.75, 3.05) is 12.3 Å². The van der Waals surface area contributed by atoms with Crippen LogP contribution in [0.4, 0.5) is 5.95 Å². The number of hydrogen-bond acceptors (Lipinski definition) is 6. The molecule has 0 amide bonds. The average molecular weight is 240 g/mol. The van der Waals surface area contributed by atoms with Crippen LogP contribution in [0, 0.1) is 5.92 Å². The monoisotopic (exact) mass is 240 g/mol. The summed E-state index contributed by atoms with van der Waals surface area (Å²) in [4.78, 5) is 11.8. The van der Waals surface area contributed by atoms with Gasteiger partial charge in [0, 0.05) is 0 Å². The number of ether oxygens (including phenoxy) is 2. The number of nitrogens with two attached hydrogens (primary N) is 1. The minimum Gasteiger partial charge on any atom is -0.464 e. The van der Waals surface area contributed by atoms with Crippen molar-refractivity contribution >= 4 is 5.95 Å². The minimum atomic E-state index is 0.0336. The number of nitrogens with zero attached hydrogens (tertiary/aromatic N) is 3. The Morgan fingerprint density at radius 2 is 1.76 bits per heavy atom. The molecule has 0 spiro atoms. The van der Waals surface area contributed by atoms with Gasteiger partial charge < -0.3 is 15.2 Å². The van der Waals surface area contributed by atoms with Crippen LogP contribution in [-0.2, 0) is 0 Å². The average Bonchev–Trinajstić information content (AvgIpc) is 2.14. The van der Waals surface area contributed by atoms with Gasteiger partial charge in [-0.25, -0.2) is 0 Å². The molecule has 2 N–H and O–H groups in total. The Labute approximate surface area is 102 Å². The van der Waals surface area contributed by atoms with E-state index in [9.17, 15) is 0 Å². The molecule has 0 saturated heterocycles. The van der Waals surface area contributed by atoms with Crippen LogP contribution in [0.2, 0.25) is 0 Å². The Bertz CT molecular complexity index is 357. The molecule has 0 bridgehead atoms. The van der Waals surface area contributed by atoms with Gasteiger partial charge in [-0.15, -0.1) is 4.98 Å². The standard InChI is InChI=1S/C11H20N4O2/c1-5-16-10-13-9(12)14-11(15-10)17-8(4)6-7(2)3/h7-8H,5-6H2,1-4H3,(H2,12,13,14,15). The summed E-state index contributed by atoms with van der Waals surface area (Å²) < 4.78 is 10.7. The predicted molar refractivity (Wildman–Crippen MR) is 65.0 cm³/mol. The van der Waals surface area contributed by atoms with E-state index in [1.165, 1.54) is 0 Å². The quantitative estimate of drug-likeness (QED) is 0.814. The molecule has 1 heterocycles. The highest BCUT2D eigenvalue weighted by Crippen LogP contribution is 2.15. The number of hydrogen-bond donors (Lipinski definition) is 1. The summed E-state index contributed by atoms with van der Waals surface area (Å²) in [6.07, 6.45) is 0.960. The van der Waals surface area contributed by atoms with Crippen molar-refractivity contribution in [3.05, 3.63) is 0 Å². The summed E-state index contributed by atoms with van der Waals surface area (Å²) in [6.45, 7) is 8.56. The maximum Gasteiger partial charge on any atom is 0.324 e. The Kier molecular flexibility index (Phi) is 4.93. The van der Waals surface area contributed by atoms with E-state index in [-0.39, 0.29) is 24.1 Å². The highest BCUT2D eigenvalue weighted by Gasteiger charge is 2.11. The van der Waals surface area contributed by atoms with Crippen LogP contribution in [0.5, 0.6) is 12.0 Å². The molecule has 1 rings (SSSR count). The molecule has 17 heavy (non-hydrogen) atoms. The minimum absolute atomic E-state index is 0.0336. The predicted octanol–water partition coefficient (Wildman–Crippen LogP) is 1.67. The fourth-order valence-corrected chi connectivity index (χ4v) is 1.49. The van der Waals surface area contributed by atoms with Crippen LogP contribution in [0.1, 0.15) is 34.1 Å². The third-order valence-electron chi connectivity index (χ3n) is 2.00.